The van der Waals surface area contributed by atoms with Crippen LogP contribution in [0.25, 0.3) is 0 Å². The number of nitrogens with one attached hydrogen (secondary N) is 1. The third-order valence-corrected chi connectivity index (χ3v) is 2.01. The third kappa shape index (κ3) is 2.09. The Morgan fingerprint density at radius 1 is 1.64 bits per heavy atom. The van der Waals surface area contributed by atoms with Crippen molar-refractivity contribution in [2.24, 2.45) is 0 Å². The molecule has 0 unspecified atom stereocenters. The third-order valence-electron chi connectivity index (χ3n) is 2.01. The van der Waals surface area contributed by atoms with Gasteiger partial charge in [-0.3, -0.25) is 0 Å². The molecule has 0 bridgehead atoms. The zero-order chi connectivity index (χ0) is 9.80. The van der Waals surface area contributed by atoms with E-state index >= 15 is 0 Å². The molecule has 0 fully saturated rings. The van der Waals surface area contributed by atoms with Gasteiger partial charge in [0.2, 0.25) is 0 Å². The molecule has 74 valence electrons. The summed E-state index contributed by atoms with van der Waals surface area (Å²) in [5.41, 5.74) is 0. The first-order chi connectivity index (χ1) is 6.86. The molecule has 1 aliphatic rings. The van der Waals surface area contributed by atoms with Gasteiger partial charge in [0.1, 0.15) is 6.61 Å². The van der Waals surface area contributed by atoms with E-state index in [9.17, 15) is 4.39 Å². The van der Waals surface area contributed by atoms with Crippen LogP contribution in [0.5, 0.6) is 5.75 Å². The number of ether oxygens (including phenoxy) is 1. The van der Waals surface area contributed by atoms with Gasteiger partial charge in [-0.1, -0.05) is 12.2 Å². The highest BCUT2D eigenvalue weighted by molar-refractivity contribution is 5.18. The second-order valence-electron chi connectivity index (χ2n) is 3.05. The number of hydrogen-bond acceptors (Lipinski definition) is 3. The molecule has 0 radical (unpaired) electrons. The maximum Gasteiger partial charge on any atom is 0.255 e. The van der Waals surface area contributed by atoms with Crippen molar-refractivity contribution in [2.75, 3.05) is 13.2 Å². The summed E-state index contributed by atoms with van der Waals surface area (Å²) in [6.45, 7) is 1.28. The molecule has 2 heterocycles. The van der Waals surface area contributed by atoms with Gasteiger partial charge < -0.3 is 10.1 Å². The molecule has 1 aromatic rings. The van der Waals surface area contributed by atoms with Crippen molar-refractivity contribution in [3.8, 4) is 5.75 Å². The van der Waals surface area contributed by atoms with E-state index in [-0.39, 0.29) is 11.8 Å². The van der Waals surface area contributed by atoms with Crippen molar-refractivity contribution < 1.29 is 9.13 Å². The highest BCUT2D eigenvalue weighted by atomic mass is 19.1. The number of hydrogen-bond donors (Lipinski definition) is 1. The van der Waals surface area contributed by atoms with Gasteiger partial charge in [-0.2, -0.15) is 4.39 Å². The molecule has 2 rings (SSSR count). The molecule has 1 aliphatic heterocycles. The Kier molecular flexibility index (Phi) is 2.74. The molecule has 0 aliphatic carbocycles. The smallest absolute Gasteiger partial charge is 0.255 e. The van der Waals surface area contributed by atoms with Gasteiger partial charge in [-0.15, -0.1) is 0 Å². The van der Waals surface area contributed by atoms with Gasteiger partial charge in [-0.25, -0.2) is 4.98 Å². The second-order valence-corrected chi connectivity index (χ2v) is 3.05. The minimum Gasteiger partial charge on any atom is -0.487 e. The SMILES string of the molecule is Fc1ncccc1OC[C@@H]1C=CCN1. The minimum absolute atomic E-state index is 0.176. The van der Waals surface area contributed by atoms with Crippen molar-refractivity contribution in [3.05, 3.63) is 36.4 Å². The van der Waals surface area contributed by atoms with Crippen molar-refractivity contribution in [1.29, 1.82) is 0 Å². The maximum absolute atomic E-state index is 13.0. The summed E-state index contributed by atoms with van der Waals surface area (Å²) < 4.78 is 18.3. The first-order valence-corrected chi connectivity index (χ1v) is 4.49. The largest absolute Gasteiger partial charge is 0.487 e. The fourth-order valence-electron chi connectivity index (χ4n) is 1.29. The minimum atomic E-state index is -0.561. The van der Waals surface area contributed by atoms with Crippen LogP contribution in [0.1, 0.15) is 0 Å². The molecule has 0 saturated carbocycles. The highest BCUT2D eigenvalue weighted by Gasteiger charge is 2.10. The van der Waals surface area contributed by atoms with Crippen molar-refractivity contribution in [2.45, 2.75) is 6.04 Å². The molecule has 1 atom stereocenters. The predicted molar refractivity (Wildman–Crippen MR) is 50.6 cm³/mol. The summed E-state index contributed by atoms with van der Waals surface area (Å²) in [4.78, 5) is 3.49. The van der Waals surface area contributed by atoms with Crippen molar-refractivity contribution in [1.82, 2.24) is 10.3 Å². The quantitative estimate of drug-likeness (QED) is 0.578. The molecular weight excluding hydrogens is 183 g/mol. The molecule has 0 aromatic carbocycles. The van der Waals surface area contributed by atoms with Gasteiger partial charge in [0.05, 0.1) is 6.04 Å². The second kappa shape index (κ2) is 4.19. The summed E-state index contributed by atoms with van der Waals surface area (Å²) >= 11 is 0. The zero-order valence-electron chi connectivity index (χ0n) is 7.61. The van der Waals surface area contributed by atoms with E-state index in [1.165, 1.54) is 6.20 Å². The number of nitrogens with zero attached hydrogens (tertiary/aromatic N) is 1. The summed E-state index contributed by atoms with van der Waals surface area (Å²) in [6, 6.07) is 3.40. The molecule has 0 amide bonds. The average molecular weight is 194 g/mol. The van der Waals surface area contributed by atoms with E-state index in [4.69, 9.17) is 4.74 Å². The first-order valence-electron chi connectivity index (χ1n) is 4.49. The fraction of sp³-hybridized carbons (Fsp3) is 0.300. The van der Waals surface area contributed by atoms with Crippen LogP contribution in [0.3, 0.4) is 0 Å². The van der Waals surface area contributed by atoms with E-state index in [0.717, 1.165) is 6.54 Å². The standard InChI is InChI=1S/C10H11FN2O/c11-10-9(4-2-6-13-10)14-7-8-3-1-5-12-8/h1-4,6,8,12H,5,7H2/t8-/m0/s1. The molecule has 4 heteroatoms. The lowest BCUT2D eigenvalue weighted by atomic mass is 10.3. The van der Waals surface area contributed by atoms with Crippen LogP contribution in [0.15, 0.2) is 30.5 Å². The lowest BCUT2D eigenvalue weighted by molar-refractivity contribution is 0.276. The van der Waals surface area contributed by atoms with E-state index in [2.05, 4.69) is 10.3 Å². The Labute approximate surface area is 81.6 Å². The van der Waals surface area contributed by atoms with Gasteiger partial charge in [0, 0.05) is 12.7 Å². The fourth-order valence-corrected chi connectivity index (χ4v) is 1.29. The lowest BCUT2D eigenvalue weighted by Crippen LogP contribution is -2.28. The molecule has 0 spiro atoms. The normalized spacial score (nSPS) is 19.9. The number of aromatic nitrogens is 1. The van der Waals surface area contributed by atoms with E-state index in [1.54, 1.807) is 12.1 Å². The number of pyridine rings is 1. The van der Waals surface area contributed by atoms with Crippen LogP contribution in [0, 0.1) is 5.95 Å². The van der Waals surface area contributed by atoms with Gasteiger partial charge in [0.25, 0.3) is 5.95 Å². The number of rotatable bonds is 3. The zero-order valence-corrected chi connectivity index (χ0v) is 7.61. The Morgan fingerprint density at radius 3 is 3.29 bits per heavy atom. The van der Waals surface area contributed by atoms with E-state index < -0.39 is 5.95 Å². The summed E-state index contributed by atoms with van der Waals surface area (Å²) in [6.07, 6.45) is 5.43. The lowest BCUT2D eigenvalue weighted by Gasteiger charge is -2.10. The van der Waals surface area contributed by atoms with E-state index in [1.807, 2.05) is 12.2 Å². The Bertz CT molecular complexity index is 341. The molecule has 0 saturated heterocycles. The van der Waals surface area contributed by atoms with Crippen molar-refractivity contribution in [3.63, 3.8) is 0 Å². The molecule has 1 aromatic heterocycles. The van der Waals surface area contributed by atoms with Gasteiger partial charge in [-0.05, 0) is 12.1 Å². The number of halogens is 1. The molecule has 1 N–H and O–H groups in total. The van der Waals surface area contributed by atoms with Gasteiger partial charge in [0.15, 0.2) is 5.75 Å². The summed E-state index contributed by atoms with van der Waals surface area (Å²) in [5, 5.41) is 3.17. The monoisotopic (exact) mass is 194 g/mol. The Hall–Kier alpha value is -1.42. The van der Waals surface area contributed by atoms with E-state index in [0.29, 0.717) is 6.61 Å². The highest BCUT2D eigenvalue weighted by Crippen LogP contribution is 2.13. The van der Waals surface area contributed by atoms with Crippen LogP contribution in [0.2, 0.25) is 0 Å². The molecule has 3 nitrogen and oxygen atoms in total. The van der Waals surface area contributed by atoms with Crippen LogP contribution < -0.4 is 10.1 Å². The summed E-state index contributed by atoms with van der Waals surface area (Å²) in [5.74, 6) is -0.357. The Morgan fingerprint density at radius 2 is 2.57 bits per heavy atom. The summed E-state index contributed by atoms with van der Waals surface area (Å²) in [7, 11) is 0. The van der Waals surface area contributed by atoms with Crippen LogP contribution in [-0.4, -0.2) is 24.2 Å². The van der Waals surface area contributed by atoms with Crippen LogP contribution in [0.4, 0.5) is 4.39 Å². The van der Waals surface area contributed by atoms with Crippen molar-refractivity contribution >= 4 is 0 Å². The average Bonchev–Trinajstić information content (AvgIpc) is 2.69. The first kappa shape index (κ1) is 9.15. The van der Waals surface area contributed by atoms with Gasteiger partial charge >= 0.3 is 0 Å². The topological polar surface area (TPSA) is 34.1 Å². The Balaban J connectivity index is 1.91. The maximum atomic E-state index is 13.0. The van der Waals surface area contributed by atoms with Crippen LogP contribution in [-0.2, 0) is 0 Å². The molecular formula is C10H11FN2O. The van der Waals surface area contributed by atoms with Crippen LogP contribution >= 0.6 is 0 Å². The molecule has 14 heavy (non-hydrogen) atoms. The predicted octanol–water partition coefficient (Wildman–Crippen LogP) is 1.13.